The number of aliphatic hydroxyl groups is 2. The zero-order valence-electron chi connectivity index (χ0n) is 11.1. The van der Waals surface area contributed by atoms with E-state index in [1.54, 1.807) is 4.68 Å². The number of aromatic nitrogens is 2. The van der Waals surface area contributed by atoms with E-state index in [1.807, 2.05) is 19.9 Å². The lowest BCUT2D eigenvalue weighted by atomic mass is 10.1. The Bertz CT molecular complexity index is 413. The van der Waals surface area contributed by atoms with Crippen molar-refractivity contribution in [2.75, 3.05) is 13.2 Å². The molecule has 18 heavy (non-hydrogen) atoms. The molecule has 1 aromatic heterocycles. The molecule has 0 spiro atoms. The molecule has 0 aromatic carbocycles. The third-order valence-electron chi connectivity index (χ3n) is 2.66. The molecule has 0 aliphatic carbocycles. The molecule has 0 aliphatic heterocycles. The van der Waals surface area contributed by atoms with E-state index < -0.39 is 5.60 Å². The smallest absolute Gasteiger partial charge is 0.221 e. The van der Waals surface area contributed by atoms with Crippen molar-refractivity contribution >= 4 is 5.91 Å². The lowest BCUT2D eigenvalue weighted by Gasteiger charge is -2.20. The number of hydrogen-bond donors (Lipinski definition) is 3. The monoisotopic (exact) mass is 255 g/mol. The van der Waals surface area contributed by atoms with E-state index in [4.69, 9.17) is 5.11 Å². The molecular weight excluding hydrogens is 234 g/mol. The van der Waals surface area contributed by atoms with E-state index in [0.717, 1.165) is 11.4 Å². The van der Waals surface area contributed by atoms with Crippen LogP contribution in [-0.2, 0) is 11.3 Å². The number of amides is 1. The van der Waals surface area contributed by atoms with Gasteiger partial charge in [0, 0.05) is 25.2 Å². The minimum absolute atomic E-state index is 0.0411. The molecule has 1 unspecified atom stereocenters. The second-order valence-corrected chi connectivity index (χ2v) is 4.83. The van der Waals surface area contributed by atoms with Crippen LogP contribution >= 0.6 is 0 Å². The van der Waals surface area contributed by atoms with Gasteiger partial charge in [-0.2, -0.15) is 5.10 Å². The number of carbonyl (C=O) groups is 1. The first-order chi connectivity index (χ1) is 8.34. The van der Waals surface area contributed by atoms with Crippen molar-refractivity contribution in [3.05, 3.63) is 17.5 Å². The van der Waals surface area contributed by atoms with Crippen molar-refractivity contribution in [1.29, 1.82) is 0 Å². The first-order valence-corrected chi connectivity index (χ1v) is 5.95. The Balaban J connectivity index is 2.36. The number of rotatable bonds is 6. The highest BCUT2D eigenvalue weighted by atomic mass is 16.3. The molecule has 0 saturated carbocycles. The van der Waals surface area contributed by atoms with Crippen LogP contribution in [0.2, 0.25) is 0 Å². The predicted molar refractivity (Wildman–Crippen MR) is 67.0 cm³/mol. The molecule has 0 fully saturated rings. The molecule has 1 aromatic rings. The summed E-state index contributed by atoms with van der Waals surface area (Å²) in [4.78, 5) is 11.6. The highest BCUT2D eigenvalue weighted by Crippen LogP contribution is 2.03. The summed E-state index contributed by atoms with van der Waals surface area (Å²) in [6.45, 7) is 5.47. The van der Waals surface area contributed by atoms with E-state index >= 15 is 0 Å². The topological polar surface area (TPSA) is 87.4 Å². The maximum Gasteiger partial charge on any atom is 0.221 e. The maximum atomic E-state index is 11.6. The minimum Gasteiger partial charge on any atom is -0.393 e. The first-order valence-electron chi connectivity index (χ1n) is 5.95. The third kappa shape index (κ3) is 4.46. The van der Waals surface area contributed by atoms with E-state index in [1.165, 1.54) is 6.92 Å². The van der Waals surface area contributed by atoms with Crippen molar-refractivity contribution < 1.29 is 15.0 Å². The number of aryl methyl sites for hydroxylation is 3. The van der Waals surface area contributed by atoms with Crippen molar-refractivity contribution in [3.63, 3.8) is 0 Å². The third-order valence-corrected chi connectivity index (χ3v) is 2.66. The lowest BCUT2D eigenvalue weighted by Crippen LogP contribution is -2.43. The van der Waals surface area contributed by atoms with Gasteiger partial charge in [0.25, 0.3) is 0 Å². The molecule has 6 nitrogen and oxygen atoms in total. The van der Waals surface area contributed by atoms with E-state index in [9.17, 15) is 9.90 Å². The van der Waals surface area contributed by atoms with Crippen molar-refractivity contribution in [3.8, 4) is 0 Å². The molecule has 102 valence electrons. The largest absolute Gasteiger partial charge is 0.393 e. The summed E-state index contributed by atoms with van der Waals surface area (Å²) in [5.41, 5.74) is 0.673. The summed E-state index contributed by atoms with van der Waals surface area (Å²) < 4.78 is 1.78. The quantitative estimate of drug-likeness (QED) is 0.654. The molecule has 3 N–H and O–H groups in total. The lowest BCUT2D eigenvalue weighted by molar-refractivity contribution is -0.122. The van der Waals surface area contributed by atoms with Gasteiger partial charge in [-0.25, -0.2) is 0 Å². The molecule has 0 saturated heterocycles. The Labute approximate surface area is 107 Å². The van der Waals surface area contributed by atoms with Crippen LogP contribution in [0.25, 0.3) is 0 Å². The SMILES string of the molecule is Cc1cc(C)n(CCC(=O)NCC(C)(O)CO)n1. The predicted octanol–water partition coefficient (Wildman–Crippen LogP) is -0.250. The van der Waals surface area contributed by atoms with Gasteiger partial charge in [0.1, 0.15) is 5.60 Å². The standard InChI is InChI=1S/C12H21N3O3/c1-9-6-10(2)15(14-9)5-4-11(17)13-7-12(3,18)8-16/h6,16,18H,4-5,7-8H2,1-3H3,(H,13,17). The van der Waals surface area contributed by atoms with E-state index in [-0.39, 0.29) is 19.1 Å². The summed E-state index contributed by atoms with van der Waals surface area (Å²) in [7, 11) is 0. The Kier molecular flexibility index (Phi) is 4.86. The summed E-state index contributed by atoms with van der Waals surface area (Å²) >= 11 is 0. The molecule has 6 heteroatoms. The zero-order chi connectivity index (χ0) is 13.8. The Hall–Kier alpha value is -1.40. The Morgan fingerprint density at radius 1 is 1.56 bits per heavy atom. The number of nitrogens with one attached hydrogen (secondary N) is 1. The van der Waals surface area contributed by atoms with Crippen molar-refractivity contribution in [2.45, 2.75) is 39.3 Å². The molecule has 0 radical (unpaired) electrons. The van der Waals surface area contributed by atoms with Crippen LogP contribution in [0.5, 0.6) is 0 Å². The zero-order valence-corrected chi connectivity index (χ0v) is 11.1. The fraction of sp³-hybridized carbons (Fsp3) is 0.667. The fourth-order valence-electron chi connectivity index (χ4n) is 1.54. The first kappa shape index (κ1) is 14.7. The molecule has 1 rings (SSSR count). The van der Waals surface area contributed by atoms with Crippen molar-refractivity contribution in [2.24, 2.45) is 0 Å². The van der Waals surface area contributed by atoms with Crippen LogP contribution < -0.4 is 5.32 Å². The van der Waals surface area contributed by atoms with Crippen LogP contribution in [0.3, 0.4) is 0 Å². The average molecular weight is 255 g/mol. The maximum absolute atomic E-state index is 11.6. The molecule has 1 heterocycles. The van der Waals surface area contributed by atoms with Crippen LogP contribution in [0.15, 0.2) is 6.07 Å². The highest BCUT2D eigenvalue weighted by Gasteiger charge is 2.19. The van der Waals surface area contributed by atoms with Gasteiger partial charge in [0.15, 0.2) is 0 Å². The molecule has 0 aliphatic rings. The van der Waals surface area contributed by atoms with Crippen LogP contribution in [-0.4, -0.2) is 44.7 Å². The average Bonchev–Trinajstić information content (AvgIpc) is 2.63. The van der Waals surface area contributed by atoms with Gasteiger partial charge < -0.3 is 15.5 Å². The molecular formula is C12H21N3O3. The number of carbonyl (C=O) groups excluding carboxylic acids is 1. The van der Waals surface area contributed by atoms with E-state index in [2.05, 4.69) is 10.4 Å². The van der Waals surface area contributed by atoms with Gasteiger partial charge in [-0.15, -0.1) is 0 Å². The van der Waals surface area contributed by atoms with Gasteiger partial charge in [-0.1, -0.05) is 0 Å². The van der Waals surface area contributed by atoms with Gasteiger partial charge >= 0.3 is 0 Å². The van der Waals surface area contributed by atoms with Crippen LogP contribution in [0, 0.1) is 13.8 Å². The van der Waals surface area contributed by atoms with Gasteiger partial charge in [0.05, 0.1) is 12.3 Å². The number of aliphatic hydroxyl groups excluding tert-OH is 1. The summed E-state index contributed by atoms with van der Waals surface area (Å²) in [6.07, 6.45) is 0.295. The Morgan fingerprint density at radius 2 is 2.22 bits per heavy atom. The highest BCUT2D eigenvalue weighted by molar-refractivity contribution is 5.75. The molecule has 1 amide bonds. The van der Waals surface area contributed by atoms with Crippen LogP contribution in [0.1, 0.15) is 24.7 Å². The van der Waals surface area contributed by atoms with Crippen LogP contribution in [0.4, 0.5) is 0 Å². The summed E-state index contributed by atoms with van der Waals surface area (Å²) in [5, 5.41) is 25.2. The van der Waals surface area contributed by atoms with E-state index in [0.29, 0.717) is 13.0 Å². The number of nitrogens with zero attached hydrogens (tertiary/aromatic N) is 2. The summed E-state index contributed by atoms with van der Waals surface area (Å²) in [5.74, 6) is -0.170. The minimum atomic E-state index is -1.27. The van der Waals surface area contributed by atoms with Crippen molar-refractivity contribution in [1.82, 2.24) is 15.1 Å². The summed E-state index contributed by atoms with van der Waals surface area (Å²) in [6, 6.07) is 1.95. The van der Waals surface area contributed by atoms with Gasteiger partial charge in [0.2, 0.25) is 5.91 Å². The second kappa shape index (κ2) is 5.97. The van der Waals surface area contributed by atoms with Gasteiger partial charge in [-0.05, 0) is 26.8 Å². The second-order valence-electron chi connectivity index (χ2n) is 4.83. The molecule has 0 bridgehead atoms. The molecule has 1 atom stereocenters. The van der Waals surface area contributed by atoms with Gasteiger partial charge in [-0.3, -0.25) is 9.48 Å². The number of hydrogen-bond acceptors (Lipinski definition) is 4. The fourth-order valence-corrected chi connectivity index (χ4v) is 1.54. The normalized spacial score (nSPS) is 14.3. The Morgan fingerprint density at radius 3 is 2.72 bits per heavy atom.